The largest absolute Gasteiger partial charge is 0.494 e. The van der Waals surface area contributed by atoms with E-state index in [2.05, 4.69) is 87.8 Å². The molecule has 12 fully saturated rings. The molecule has 5 aromatic rings. The van der Waals surface area contributed by atoms with Gasteiger partial charge >= 0.3 is 0 Å². The van der Waals surface area contributed by atoms with Gasteiger partial charge in [0.2, 0.25) is 5.16 Å². The first kappa shape index (κ1) is 85.5. The maximum Gasteiger partial charge on any atom is 0.257 e. The topological polar surface area (TPSA) is 326 Å². The number of aliphatic hydroxyl groups is 3. The predicted molar refractivity (Wildman–Crippen MR) is 455 cm³/mol. The van der Waals surface area contributed by atoms with Gasteiger partial charge in [-0.1, -0.05) is 163 Å². The van der Waals surface area contributed by atoms with Crippen LogP contribution < -0.4 is 4.74 Å². The van der Waals surface area contributed by atoms with Gasteiger partial charge in [0.25, 0.3) is 5.22 Å². The van der Waals surface area contributed by atoms with Crippen molar-refractivity contribution in [2.45, 2.75) is 273 Å². The number of ketones is 6. The SMILES string of the molecule is CCC[C@@H]1O[C@@H]2CC3C4CCC5=CC(=O)C=CC5(C)C4[C@@H](O)CC3(C)[C@]2(C(=O)CSc2nc3cc(Cl)ccc3o2)O1.CCC[C@@H]1O[C@@H]2CC3C4CCC5=CC(=O)C=CC5(C)C4[C@@H](O)CC3(C)[C@]2(C(=O)CSc2nc3ccc(OCC)cc3[nH]2)O1.CCC[C@@H]1O[C@@H]2CC3C4CCC5=CC(=O)C=CC5(C)C4[C@@H](O)CC3(C)[C@]2(C(=O)CSc2nnnn2C)O1. The molecule has 0 amide bonds. The Kier molecular flexibility index (Phi) is 22.5. The average Bonchev–Trinajstić information content (AvgIpc) is 1.53. The predicted octanol–water partition coefficient (Wildman–Crippen LogP) is 15.1. The van der Waals surface area contributed by atoms with Crippen LogP contribution in [0.2, 0.25) is 5.02 Å². The zero-order chi connectivity index (χ0) is 85.0. The van der Waals surface area contributed by atoms with Gasteiger partial charge in [-0.25, -0.2) is 14.6 Å². The van der Waals surface area contributed by atoms with Gasteiger partial charge in [-0.15, -0.1) is 5.10 Å². The number of aliphatic hydroxyl groups excluding tert-OH is 3. The van der Waals surface area contributed by atoms with Crippen molar-refractivity contribution in [2.24, 2.45) is 92.8 Å². The van der Waals surface area contributed by atoms with Crippen molar-refractivity contribution >= 4 is 104 Å². The lowest BCUT2D eigenvalue weighted by Crippen LogP contribution is -2.63. The van der Waals surface area contributed by atoms with Crippen LogP contribution in [0.4, 0.5) is 0 Å². The van der Waals surface area contributed by atoms with Gasteiger partial charge in [0, 0.05) is 68.4 Å². The number of aromatic amines is 1. The van der Waals surface area contributed by atoms with Crippen molar-refractivity contribution in [3.8, 4) is 5.75 Å². The number of Topliss-reactive ketones (excluding diaryl/α,β-unsaturated/α-hetero) is 3. The smallest absolute Gasteiger partial charge is 0.257 e. The number of nitrogens with zero attached hydrogens (tertiary/aromatic N) is 6. The van der Waals surface area contributed by atoms with Crippen molar-refractivity contribution < 1.29 is 81.7 Å². The highest BCUT2D eigenvalue weighted by Crippen LogP contribution is 2.74. The number of halogens is 1. The van der Waals surface area contributed by atoms with E-state index in [0.717, 1.165) is 123 Å². The highest BCUT2D eigenvalue weighted by Gasteiger charge is 2.79. The normalized spacial score (nSPS) is 41.5. The van der Waals surface area contributed by atoms with Crippen molar-refractivity contribution in [2.75, 3.05) is 23.9 Å². The van der Waals surface area contributed by atoms with Crippen LogP contribution in [0.25, 0.3) is 22.1 Å². The molecular formula is C93H114ClN7O17S3. The number of ether oxygens (including phenoxy) is 7. The zero-order valence-electron chi connectivity index (χ0n) is 71.0. The number of H-pyrrole nitrogens is 1. The van der Waals surface area contributed by atoms with Gasteiger partial charge < -0.3 is 57.9 Å². The molecule has 0 radical (unpaired) electrons. The van der Waals surface area contributed by atoms with Crippen LogP contribution in [0.15, 0.2) is 128 Å². The van der Waals surface area contributed by atoms with E-state index in [1.54, 1.807) is 66.4 Å². The Morgan fingerprint density at radius 2 is 0.992 bits per heavy atom. The van der Waals surface area contributed by atoms with Crippen molar-refractivity contribution in [3.05, 3.63) is 113 Å². The molecule has 12 aliphatic carbocycles. The van der Waals surface area contributed by atoms with Gasteiger partial charge in [-0.05, 0) is 216 Å². The second kappa shape index (κ2) is 31.9. The summed E-state index contributed by atoms with van der Waals surface area (Å²) < 4.78 is 52.9. The molecule has 0 bridgehead atoms. The van der Waals surface area contributed by atoms with E-state index < -0.39 is 70.2 Å². The molecule has 27 atom stereocenters. The molecule has 15 unspecified atom stereocenters. The summed E-state index contributed by atoms with van der Waals surface area (Å²) >= 11 is 10.1. The van der Waals surface area contributed by atoms with E-state index in [9.17, 15) is 44.1 Å². The van der Waals surface area contributed by atoms with E-state index >= 15 is 0 Å². The summed E-state index contributed by atoms with van der Waals surface area (Å²) in [4.78, 5) is 92.3. The number of oxazole rings is 1. The van der Waals surface area contributed by atoms with E-state index in [1.807, 2.05) is 43.4 Å². The molecule has 20 rings (SSSR count). The van der Waals surface area contributed by atoms with E-state index in [4.69, 9.17) is 54.2 Å². The molecule has 9 saturated carbocycles. The monoisotopic (exact) mass is 1730 g/mol. The summed E-state index contributed by atoms with van der Waals surface area (Å²) in [5.74, 6) is 2.34. The fourth-order valence-electron chi connectivity index (χ4n) is 27.3. The number of nitrogens with one attached hydrogen (secondary N) is 1. The first-order chi connectivity index (χ1) is 57.8. The summed E-state index contributed by atoms with van der Waals surface area (Å²) in [6.45, 7) is 21.8. The minimum absolute atomic E-state index is 0.00793. The van der Waals surface area contributed by atoms with Crippen LogP contribution in [0.3, 0.4) is 0 Å². The number of hydrogen-bond acceptors (Lipinski definition) is 25. The molecule has 3 aromatic heterocycles. The summed E-state index contributed by atoms with van der Waals surface area (Å²) in [6.07, 6.45) is 25.6. The van der Waals surface area contributed by atoms with E-state index in [-0.39, 0.29) is 140 Å². The molecule has 15 aliphatic rings. The number of fused-ring (bicyclic) bond motifs is 23. The summed E-state index contributed by atoms with van der Waals surface area (Å²) in [7, 11) is 1.75. The van der Waals surface area contributed by atoms with Crippen molar-refractivity contribution in [1.82, 2.24) is 35.2 Å². The number of thioether (sulfide) groups is 3. The Morgan fingerprint density at radius 1 is 0.562 bits per heavy atom. The quantitative estimate of drug-likeness (QED) is 0.0526. The summed E-state index contributed by atoms with van der Waals surface area (Å²) in [6, 6.07) is 11.0. The van der Waals surface area contributed by atoms with Crippen LogP contribution in [0, 0.1) is 85.8 Å². The molecule has 2 aromatic carbocycles. The van der Waals surface area contributed by atoms with Gasteiger partial charge in [-0.3, -0.25) is 28.8 Å². The highest BCUT2D eigenvalue weighted by atomic mass is 35.5. The first-order valence-corrected chi connectivity index (χ1v) is 47.4. The Morgan fingerprint density at radius 3 is 1.40 bits per heavy atom. The third-order valence-corrected chi connectivity index (χ3v) is 35.3. The minimum Gasteiger partial charge on any atom is -0.494 e. The standard InChI is InChI=1S/C34H42N2O6S.C32H36ClNO6S.C27H36N4O5S/c1-5-7-29-41-28-16-23-22-10-8-19-14-20(37)12-13-32(19,3)30(22)26(38)17-33(23,4)34(28,42-29)27(39)18-43-31-35-24-11-9-21(40-6-2)15-25(24)36-31;1-4-5-27-39-26-14-21-20-8-6-17-12-19(35)10-11-30(17,2)28(20)23(36)15-31(21,3)32(26,40-27)25(37)16-41-29-34-22-13-18(33)7-9-24(22)38-29;1-5-6-22-35-21-12-18-17-8-7-15-11-16(32)9-10-25(15,2)23(17)19(33)13-26(18,3)27(21,36-22)20(34)14-37-24-28-29-30-31(24)4/h9,11-15,22-23,26,28-30,38H,5-8,10,16-18H2,1-4H3,(H,35,36);7,9-13,20-21,23,26-28,36H,4-6,8,14-16H2,1-3H3;9-11,17-19,21-23,33H,5-8,12-14H2,1-4H3/t22?,23?,26-,28+,29+,30?,32?,33?,34+;20?,21?,23-,26+,27+,28?,30?,31?,32+;17?,18?,19-,21+,22+,23?,25?,26?,27+/m000/s1. The molecule has 28 heteroatoms. The number of benzene rings is 2. The number of aromatic nitrogens is 7. The van der Waals surface area contributed by atoms with Gasteiger partial charge in [0.05, 0.1) is 71.5 Å². The Hall–Kier alpha value is -6.31. The molecule has 121 heavy (non-hydrogen) atoms. The molecule has 3 aliphatic heterocycles. The van der Waals surface area contributed by atoms with Crippen LogP contribution in [0.1, 0.15) is 185 Å². The molecule has 648 valence electrons. The number of imidazole rings is 1. The second-order valence-electron chi connectivity index (χ2n) is 38.4. The molecule has 4 N–H and O–H groups in total. The van der Waals surface area contributed by atoms with Crippen LogP contribution in [0.5, 0.6) is 5.75 Å². The third kappa shape index (κ3) is 13.5. The Labute approximate surface area is 723 Å². The number of carbonyl (C=O) groups excluding carboxylic acids is 6. The maximum atomic E-state index is 14.6. The van der Waals surface area contributed by atoms with E-state index in [1.165, 1.54) is 35.3 Å². The number of hydrogen-bond donors (Lipinski definition) is 4. The van der Waals surface area contributed by atoms with Gasteiger partial charge in [0.1, 0.15) is 11.3 Å². The molecule has 3 saturated heterocycles. The molecular weight excluding hydrogens is 1620 g/mol. The maximum absolute atomic E-state index is 14.6. The average molecular weight is 1730 g/mol. The van der Waals surface area contributed by atoms with Crippen LogP contribution >= 0.6 is 46.9 Å². The second-order valence-corrected chi connectivity index (χ2v) is 41.7. The Bertz CT molecular complexity index is 5170. The van der Waals surface area contributed by atoms with Gasteiger partial charge in [-0.2, -0.15) is 0 Å². The number of allylic oxidation sites excluding steroid dienone is 12. The van der Waals surface area contributed by atoms with Crippen molar-refractivity contribution in [3.63, 3.8) is 0 Å². The lowest BCUT2D eigenvalue weighted by atomic mass is 9.46. The lowest BCUT2D eigenvalue weighted by Gasteiger charge is -2.59. The number of aryl methyl sites for hydroxylation is 1. The number of carbonyl (C=O) groups is 6. The number of tetrazole rings is 1. The molecule has 24 nitrogen and oxygen atoms in total. The van der Waals surface area contributed by atoms with Crippen molar-refractivity contribution in [1.29, 1.82) is 0 Å². The first-order valence-electron chi connectivity index (χ1n) is 44.1. The summed E-state index contributed by atoms with van der Waals surface area (Å²) in [5.41, 5.74) is 0.105. The molecule has 6 heterocycles. The Balaban J connectivity index is 0.000000125. The zero-order valence-corrected chi connectivity index (χ0v) is 74.2. The van der Waals surface area contributed by atoms with E-state index in [0.29, 0.717) is 63.9 Å². The highest BCUT2D eigenvalue weighted by molar-refractivity contribution is 8.00. The minimum atomic E-state index is -1.15. The molecule has 0 spiro atoms. The van der Waals surface area contributed by atoms with Crippen LogP contribution in [-0.4, -0.2) is 181 Å². The van der Waals surface area contributed by atoms with Crippen LogP contribution in [-0.2, 0) is 64.2 Å². The fraction of sp³-hybridized carbons (Fsp3) is 0.645. The third-order valence-electron chi connectivity index (χ3n) is 32.3. The van der Waals surface area contributed by atoms with Gasteiger partial charge in [0.15, 0.2) is 81.1 Å². The number of rotatable bonds is 20. The fourth-order valence-corrected chi connectivity index (χ4v) is 29.9. The summed E-state index contributed by atoms with van der Waals surface area (Å²) in [5, 5.41) is 49.5. The lowest BCUT2D eigenvalue weighted by molar-refractivity contribution is -0.197.